The lowest BCUT2D eigenvalue weighted by Crippen LogP contribution is -2.42. The molecule has 0 bridgehead atoms. The first kappa shape index (κ1) is 15.4. The maximum atomic E-state index is 12.0. The fourth-order valence-corrected chi connectivity index (χ4v) is 2.63. The van der Waals surface area contributed by atoms with Crippen LogP contribution in [-0.2, 0) is 17.6 Å². The summed E-state index contributed by atoms with van der Waals surface area (Å²) in [7, 11) is 0. The van der Waals surface area contributed by atoms with Crippen LogP contribution < -0.4 is 10.6 Å². The molecule has 114 valence electrons. The predicted molar refractivity (Wildman–Crippen MR) is 81.5 cm³/mol. The van der Waals surface area contributed by atoms with Gasteiger partial charge in [0.05, 0.1) is 6.42 Å². The molecule has 0 spiro atoms. The number of carboxylic acid groups (broad SMARTS) is 1. The van der Waals surface area contributed by atoms with Crippen molar-refractivity contribution in [3.63, 3.8) is 0 Å². The largest absolute Gasteiger partial charge is 0.481 e. The number of nitrogens with one attached hydrogen (secondary N) is 2. The summed E-state index contributed by atoms with van der Waals surface area (Å²) in [5.41, 5.74) is 3.40. The van der Waals surface area contributed by atoms with Gasteiger partial charge < -0.3 is 15.7 Å². The van der Waals surface area contributed by atoms with Gasteiger partial charge in [-0.25, -0.2) is 4.79 Å². The van der Waals surface area contributed by atoms with Crippen LogP contribution in [0.15, 0.2) is 18.2 Å². The summed E-state index contributed by atoms with van der Waals surface area (Å²) in [5, 5.41) is 14.4. The van der Waals surface area contributed by atoms with E-state index >= 15 is 0 Å². The van der Waals surface area contributed by atoms with Gasteiger partial charge in [-0.3, -0.25) is 4.79 Å². The number of rotatable bonds is 5. The first-order valence-corrected chi connectivity index (χ1v) is 7.37. The van der Waals surface area contributed by atoms with Crippen molar-refractivity contribution in [3.8, 4) is 0 Å². The fourth-order valence-electron chi connectivity index (χ4n) is 2.63. The Morgan fingerprint density at radius 3 is 2.62 bits per heavy atom. The number of fused-ring (bicyclic) bond motifs is 1. The summed E-state index contributed by atoms with van der Waals surface area (Å²) in [6.07, 6.45) is 3.25. The van der Waals surface area contributed by atoms with Gasteiger partial charge in [0, 0.05) is 11.7 Å². The summed E-state index contributed by atoms with van der Waals surface area (Å²) in [6, 6.07) is 5.22. The van der Waals surface area contributed by atoms with Crippen molar-refractivity contribution < 1.29 is 14.7 Å². The van der Waals surface area contributed by atoms with Crippen LogP contribution in [0.1, 0.15) is 37.8 Å². The number of benzene rings is 1. The Kier molecular flexibility index (Phi) is 4.83. The molecule has 1 aromatic rings. The number of hydrogen-bond donors (Lipinski definition) is 3. The van der Waals surface area contributed by atoms with Crippen LogP contribution in [0.25, 0.3) is 0 Å². The lowest BCUT2D eigenvalue weighted by atomic mass is 10.0. The highest BCUT2D eigenvalue weighted by Crippen LogP contribution is 2.24. The van der Waals surface area contributed by atoms with E-state index < -0.39 is 5.97 Å². The number of aliphatic carboxylic acids is 1. The second kappa shape index (κ2) is 6.61. The Hall–Kier alpha value is -2.04. The van der Waals surface area contributed by atoms with Gasteiger partial charge in [0.2, 0.25) is 0 Å². The standard InChI is InChI=1S/C16H22N2O3/c1-10(2)14(9-15(19)20)18-16(21)17-13-7-6-11-4-3-5-12(11)8-13/h6-8,10,14H,3-5,9H2,1-2H3,(H,19,20)(H2,17,18,21). The summed E-state index contributed by atoms with van der Waals surface area (Å²) in [5.74, 6) is -0.849. The second-order valence-electron chi connectivity index (χ2n) is 5.88. The number of aryl methyl sites for hydroxylation is 2. The quantitative estimate of drug-likeness (QED) is 0.780. The van der Waals surface area contributed by atoms with E-state index in [-0.39, 0.29) is 24.4 Å². The van der Waals surface area contributed by atoms with Gasteiger partial charge in [-0.15, -0.1) is 0 Å². The van der Waals surface area contributed by atoms with Gasteiger partial charge >= 0.3 is 12.0 Å². The summed E-state index contributed by atoms with van der Waals surface area (Å²) < 4.78 is 0. The zero-order chi connectivity index (χ0) is 15.4. The van der Waals surface area contributed by atoms with Crippen LogP contribution in [-0.4, -0.2) is 23.1 Å². The average Bonchev–Trinajstić information content (AvgIpc) is 2.84. The van der Waals surface area contributed by atoms with Gasteiger partial charge in [0.1, 0.15) is 0 Å². The molecule has 0 saturated heterocycles. The third kappa shape index (κ3) is 4.21. The zero-order valence-electron chi connectivity index (χ0n) is 12.5. The zero-order valence-corrected chi connectivity index (χ0v) is 12.5. The maximum Gasteiger partial charge on any atom is 0.319 e. The molecule has 1 aliphatic rings. The van der Waals surface area contributed by atoms with Crippen LogP contribution in [0.5, 0.6) is 0 Å². The number of urea groups is 1. The summed E-state index contributed by atoms with van der Waals surface area (Å²) in [6.45, 7) is 3.78. The summed E-state index contributed by atoms with van der Waals surface area (Å²) in [4.78, 5) is 22.8. The molecule has 5 heteroatoms. The lowest BCUT2D eigenvalue weighted by molar-refractivity contribution is -0.137. The van der Waals surface area contributed by atoms with Gasteiger partial charge in [-0.2, -0.15) is 0 Å². The van der Waals surface area contributed by atoms with Gasteiger partial charge in [-0.05, 0) is 48.4 Å². The first-order chi connectivity index (χ1) is 9.95. The Morgan fingerprint density at radius 2 is 1.95 bits per heavy atom. The molecular weight excluding hydrogens is 268 g/mol. The highest BCUT2D eigenvalue weighted by molar-refractivity contribution is 5.90. The third-order valence-electron chi connectivity index (χ3n) is 3.87. The molecule has 5 nitrogen and oxygen atoms in total. The van der Waals surface area contributed by atoms with Crippen molar-refractivity contribution in [2.45, 2.75) is 45.6 Å². The molecule has 0 fully saturated rings. The lowest BCUT2D eigenvalue weighted by Gasteiger charge is -2.21. The number of carboxylic acids is 1. The Balaban J connectivity index is 1.95. The molecule has 1 aliphatic carbocycles. The van der Waals surface area contributed by atoms with E-state index in [4.69, 9.17) is 5.11 Å². The molecule has 0 aromatic heterocycles. The van der Waals surface area contributed by atoms with Gasteiger partial charge in [-0.1, -0.05) is 19.9 Å². The molecular formula is C16H22N2O3. The predicted octanol–water partition coefficient (Wildman–Crippen LogP) is 2.80. The molecule has 0 radical (unpaired) electrons. The van der Waals surface area contributed by atoms with Gasteiger partial charge in [0.25, 0.3) is 0 Å². The minimum Gasteiger partial charge on any atom is -0.481 e. The first-order valence-electron chi connectivity index (χ1n) is 7.37. The molecule has 0 heterocycles. The van der Waals surface area contributed by atoms with E-state index in [1.807, 2.05) is 26.0 Å². The smallest absolute Gasteiger partial charge is 0.319 e. The summed E-state index contributed by atoms with van der Waals surface area (Å²) >= 11 is 0. The molecule has 2 amide bonds. The van der Waals surface area contributed by atoms with Crippen LogP contribution >= 0.6 is 0 Å². The van der Waals surface area contributed by atoms with E-state index in [9.17, 15) is 9.59 Å². The van der Waals surface area contributed by atoms with Crippen LogP contribution in [0.4, 0.5) is 10.5 Å². The highest BCUT2D eigenvalue weighted by Gasteiger charge is 2.19. The third-order valence-corrected chi connectivity index (χ3v) is 3.87. The van der Waals surface area contributed by atoms with Crippen LogP contribution in [0, 0.1) is 5.92 Å². The number of hydrogen-bond acceptors (Lipinski definition) is 2. The van der Waals surface area contributed by atoms with Crippen molar-refractivity contribution in [3.05, 3.63) is 29.3 Å². The Labute approximate surface area is 124 Å². The molecule has 1 aromatic carbocycles. The fraction of sp³-hybridized carbons (Fsp3) is 0.500. The molecule has 21 heavy (non-hydrogen) atoms. The topological polar surface area (TPSA) is 78.4 Å². The Morgan fingerprint density at radius 1 is 1.24 bits per heavy atom. The van der Waals surface area contributed by atoms with E-state index in [0.29, 0.717) is 0 Å². The van der Waals surface area contributed by atoms with Crippen molar-refractivity contribution >= 4 is 17.7 Å². The normalized spacial score (nSPS) is 14.6. The second-order valence-corrected chi connectivity index (χ2v) is 5.88. The van der Waals surface area contributed by atoms with E-state index in [1.165, 1.54) is 17.5 Å². The highest BCUT2D eigenvalue weighted by atomic mass is 16.4. The van der Waals surface area contributed by atoms with E-state index in [2.05, 4.69) is 16.7 Å². The molecule has 0 aliphatic heterocycles. The average molecular weight is 290 g/mol. The van der Waals surface area contributed by atoms with E-state index in [1.54, 1.807) is 0 Å². The Bertz CT molecular complexity index is 540. The monoisotopic (exact) mass is 290 g/mol. The van der Waals surface area contributed by atoms with Gasteiger partial charge in [0.15, 0.2) is 0 Å². The van der Waals surface area contributed by atoms with E-state index in [0.717, 1.165) is 18.5 Å². The van der Waals surface area contributed by atoms with Crippen LogP contribution in [0.2, 0.25) is 0 Å². The number of carbonyl (C=O) groups is 2. The van der Waals surface area contributed by atoms with Crippen molar-refractivity contribution in [1.29, 1.82) is 0 Å². The van der Waals surface area contributed by atoms with Crippen molar-refractivity contribution in [1.82, 2.24) is 5.32 Å². The number of amides is 2. The minimum absolute atomic E-state index is 0.0619. The van der Waals surface area contributed by atoms with Crippen LogP contribution in [0.3, 0.4) is 0 Å². The SMILES string of the molecule is CC(C)C(CC(=O)O)NC(=O)Nc1ccc2c(c1)CCC2. The minimum atomic E-state index is -0.911. The molecule has 0 saturated carbocycles. The van der Waals surface area contributed by atoms with Crippen molar-refractivity contribution in [2.24, 2.45) is 5.92 Å². The maximum absolute atomic E-state index is 12.0. The molecule has 2 rings (SSSR count). The number of anilines is 1. The molecule has 1 atom stereocenters. The number of carbonyl (C=O) groups excluding carboxylic acids is 1. The molecule has 3 N–H and O–H groups in total. The molecule has 1 unspecified atom stereocenters. The van der Waals surface area contributed by atoms with Crippen molar-refractivity contribution in [2.75, 3.05) is 5.32 Å².